The molecule has 3 aromatic rings. The van der Waals surface area contributed by atoms with E-state index in [4.69, 9.17) is 17.0 Å². The molecule has 0 aliphatic rings. The predicted octanol–water partition coefficient (Wildman–Crippen LogP) is 1.88. The minimum atomic E-state index is 0.617. The molecule has 0 unspecified atom stereocenters. The second-order valence-electron chi connectivity index (χ2n) is 3.68. The molecule has 2 aromatic heterocycles. The molecule has 0 bridgehead atoms. The summed E-state index contributed by atoms with van der Waals surface area (Å²) in [7, 11) is 1.69. The number of hydrogen-bond donors (Lipinski definition) is 2. The number of fused-ring (bicyclic) bond motifs is 1. The molecular weight excluding hydrogens is 449 g/mol. The molecule has 7 heteroatoms. The van der Waals surface area contributed by atoms with Gasteiger partial charge in [-0.05, 0) is 0 Å². The molecule has 0 saturated heterocycles. The number of benzene rings is 1. The Balaban J connectivity index is 0.000000141. The van der Waals surface area contributed by atoms with Gasteiger partial charge in [0.2, 0.25) is 0 Å². The summed E-state index contributed by atoms with van der Waals surface area (Å²) in [5, 5.41) is 0. The molecule has 0 saturated carbocycles. The van der Waals surface area contributed by atoms with Crippen LogP contribution in [0, 0.1) is 4.64 Å². The second-order valence-corrected chi connectivity index (χ2v) is 7.26. The smallest absolute Gasteiger partial charge is 0.161 e. The van der Waals surface area contributed by atoms with Gasteiger partial charge in [0.15, 0.2) is 5.65 Å². The van der Waals surface area contributed by atoms with Crippen LogP contribution in [0.25, 0.3) is 11.2 Å². The van der Waals surface area contributed by atoms with E-state index in [2.05, 4.69) is 32.1 Å². The molecule has 0 atom stereocenters. The van der Waals surface area contributed by atoms with E-state index in [0.29, 0.717) is 4.64 Å². The fourth-order valence-corrected chi connectivity index (χ4v) is 2.52. The van der Waals surface area contributed by atoms with E-state index < -0.39 is 0 Å². The van der Waals surface area contributed by atoms with Crippen LogP contribution in [0.4, 0.5) is 0 Å². The minimum absolute atomic E-state index is 0.617. The van der Waals surface area contributed by atoms with Crippen LogP contribution in [0.1, 0.15) is 0 Å². The summed E-state index contributed by atoms with van der Waals surface area (Å²) in [4.78, 5) is 13.6. The molecule has 2 heterocycles. The van der Waals surface area contributed by atoms with E-state index in [0.717, 1.165) is 43.0 Å². The van der Waals surface area contributed by atoms with E-state index in [9.17, 15) is 0 Å². The maximum Gasteiger partial charge on any atom is 0.161 e. The normalized spacial score (nSPS) is 9.84. The van der Waals surface area contributed by atoms with Crippen LogP contribution >= 0.6 is 12.2 Å². The molecule has 0 amide bonds. The number of nitrogens with zero attached hydrogens (tertiary/aromatic N) is 2. The van der Waals surface area contributed by atoms with Crippen LogP contribution in [0.15, 0.2) is 36.9 Å². The maximum atomic E-state index is 4.99. The monoisotopic (exact) mass is 461 g/mol. The number of methoxy groups -OCH3 is 1. The average molecular weight is 460 g/mol. The molecule has 1 aromatic carbocycles. The van der Waals surface area contributed by atoms with Crippen LogP contribution < -0.4 is 7.81 Å². The zero-order valence-electron chi connectivity index (χ0n) is 10.4. The van der Waals surface area contributed by atoms with E-state index in [1.165, 1.54) is 3.07 Å². The van der Waals surface area contributed by atoms with Crippen molar-refractivity contribution in [2.75, 3.05) is 7.11 Å². The number of nitrogens with one attached hydrogen (secondary N) is 2. The van der Waals surface area contributed by atoms with Crippen molar-refractivity contribution in [2.45, 2.75) is 0 Å². The van der Waals surface area contributed by atoms with Gasteiger partial charge in [-0.25, -0.2) is 9.97 Å². The Kier molecular flexibility index (Phi) is 5.04. The van der Waals surface area contributed by atoms with Gasteiger partial charge in [0.25, 0.3) is 0 Å². The van der Waals surface area contributed by atoms with Gasteiger partial charge in [0, 0.05) is 0 Å². The fourth-order valence-electron chi connectivity index (χ4n) is 1.40. The van der Waals surface area contributed by atoms with E-state index in [1.54, 1.807) is 19.8 Å². The molecule has 2 N–H and O–H groups in total. The number of ether oxygens (including phenoxy) is 1. The summed E-state index contributed by atoms with van der Waals surface area (Å²) in [6.07, 6.45) is 3.12. The third-order valence-corrected chi connectivity index (χ3v) is 4.53. The predicted molar refractivity (Wildman–Crippen MR) is 71.7 cm³/mol. The molecule has 5 nitrogen and oxygen atoms in total. The van der Waals surface area contributed by atoms with Crippen LogP contribution in [-0.4, -0.2) is 27.0 Å². The molecule has 19 heavy (non-hydrogen) atoms. The average Bonchev–Trinajstić information content (AvgIpc) is 2.90. The SMILES string of the molecule is COc1cc[c]([Hg])cc1.S=c1[nH]cnc2[nH]cnc12. The second kappa shape index (κ2) is 6.77. The van der Waals surface area contributed by atoms with Crippen molar-refractivity contribution >= 4 is 26.5 Å². The number of aromatic amines is 2. The van der Waals surface area contributed by atoms with E-state index >= 15 is 0 Å². The van der Waals surface area contributed by atoms with Gasteiger partial charge in [-0.3, -0.25) is 0 Å². The van der Waals surface area contributed by atoms with Crippen LogP contribution in [0.5, 0.6) is 5.75 Å². The number of hydrogen-bond acceptors (Lipinski definition) is 4. The summed E-state index contributed by atoms with van der Waals surface area (Å²) >= 11 is 5.67. The van der Waals surface area contributed by atoms with Gasteiger partial charge >= 0.3 is 71.1 Å². The Bertz CT molecular complexity index is 707. The molecular formula is C12H11HgN4OS. The molecule has 0 aliphatic heterocycles. The Labute approximate surface area is 131 Å². The summed E-state index contributed by atoms with van der Waals surface area (Å²) < 4.78 is 7.06. The van der Waals surface area contributed by atoms with Crippen LogP contribution in [-0.2, 0) is 26.1 Å². The third kappa shape index (κ3) is 3.84. The van der Waals surface area contributed by atoms with Gasteiger partial charge in [0.1, 0.15) is 10.2 Å². The Morgan fingerprint density at radius 1 is 1.11 bits per heavy atom. The first kappa shape index (κ1) is 14.1. The summed E-state index contributed by atoms with van der Waals surface area (Å²) in [5.74, 6) is 0.948. The Hall–Kier alpha value is -1.27. The first-order valence-electron chi connectivity index (χ1n) is 5.53. The molecule has 3 rings (SSSR count). The molecule has 0 spiro atoms. The fraction of sp³-hybridized carbons (Fsp3) is 0.0833. The number of aromatic nitrogens is 4. The van der Waals surface area contributed by atoms with Crippen LogP contribution in [0.3, 0.4) is 0 Å². The standard InChI is InChI=1S/C7H7O.C5H4N4S.Hg/c1-8-7-5-3-2-4-6-7;10-5-3-4(7-1-6-3)8-2-9-5;/h3-6H,1H3;1-2H,(H2,6,7,8,9,10);. The van der Waals surface area contributed by atoms with Crippen molar-refractivity contribution in [3.05, 3.63) is 41.6 Å². The summed E-state index contributed by atoms with van der Waals surface area (Å²) in [5.41, 5.74) is 1.45. The van der Waals surface area contributed by atoms with Crippen LogP contribution in [0.2, 0.25) is 0 Å². The van der Waals surface area contributed by atoms with Crippen molar-refractivity contribution in [1.29, 1.82) is 0 Å². The van der Waals surface area contributed by atoms with Gasteiger partial charge < -0.3 is 9.97 Å². The van der Waals surface area contributed by atoms with Crippen molar-refractivity contribution in [1.82, 2.24) is 19.9 Å². The largest absolute Gasteiger partial charge is 0.335 e. The number of rotatable bonds is 1. The topological polar surface area (TPSA) is 66.6 Å². The number of imidazole rings is 1. The summed E-state index contributed by atoms with van der Waals surface area (Å²) in [6.45, 7) is 0. The van der Waals surface area contributed by atoms with Crippen molar-refractivity contribution < 1.29 is 30.9 Å². The molecule has 0 radical (unpaired) electrons. The van der Waals surface area contributed by atoms with Gasteiger partial charge in [-0.1, -0.05) is 12.2 Å². The minimum Gasteiger partial charge on any atom is -0.335 e. The molecule has 93 valence electrons. The van der Waals surface area contributed by atoms with Gasteiger partial charge in [-0.2, -0.15) is 0 Å². The summed E-state index contributed by atoms with van der Waals surface area (Å²) in [6, 6.07) is 8.23. The molecule has 0 aliphatic carbocycles. The zero-order chi connectivity index (χ0) is 13.7. The quantitative estimate of drug-likeness (QED) is 0.431. The zero-order valence-corrected chi connectivity index (χ0v) is 16.7. The van der Waals surface area contributed by atoms with Gasteiger partial charge in [-0.15, -0.1) is 0 Å². The third-order valence-electron chi connectivity index (χ3n) is 2.38. The number of H-pyrrole nitrogens is 2. The maximum absolute atomic E-state index is 4.99. The van der Waals surface area contributed by atoms with Gasteiger partial charge in [0.05, 0.1) is 12.7 Å². The van der Waals surface area contributed by atoms with E-state index in [1.807, 2.05) is 12.1 Å². The molecule has 0 fully saturated rings. The van der Waals surface area contributed by atoms with Crippen molar-refractivity contribution in [3.63, 3.8) is 0 Å². The van der Waals surface area contributed by atoms with E-state index in [-0.39, 0.29) is 0 Å². The van der Waals surface area contributed by atoms with Crippen molar-refractivity contribution in [2.24, 2.45) is 0 Å². The Morgan fingerprint density at radius 2 is 1.79 bits per heavy atom. The van der Waals surface area contributed by atoms with Crippen molar-refractivity contribution in [3.8, 4) is 5.75 Å². The Morgan fingerprint density at radius 3 is 2.42 bits per heavy atom. The first-order chi connectivity index (χ1) is 9.20. The first-order valence-corrected chi connectivity index (χ1v) is 8.69.